The summed E-state index contributed by atoms with van der Waals surface area (Å²) < 4.78 is 0. The van der Waals surface area contributed by atoms with E-state index in [0.29, 0.717) is 19.5 Å². The van der Waals surface area contributed by atoms with E-state index in [1.165, 1.54) is 0 Å². The Balaban J connectivity index is 0.00000220. The van der Waals surface area contributed by atoms with E-state index in [4.69, 9.17) is 5.73 Å². The number of piperazine rings is 1. The number of aromatic nitrogens is 2. The molecule has 7 heteroatoms. The van der Waals surface area contributed by atoms with Crippen LogP contribution in [0, 0.1) is 0 Å². The van der Waals surface area contributed by atoms with Crippen LogP contribution in [0.3, 0.4) is 0 Å². The van der Waals surface area contributed by atoms with Gasteiger partial charge in [0.2, 0.25) is 11.9 Å². The first-order valence-corrected chi connectivity index (χ1v) is 7.15. The molecule has 0 radical (unpaired) electrons. The molecule has 21 heavy (non-hydrogen) atoms. The van der Waals surface area contributed by atoms with Crippen molar-refractivity contribution in [3.05, 3.63) is 18.5 Å². The van der Waals surface area contributed by atoms with Crippen LogP contribution in [0.4, 0.5) is 5.95 Å². The van der Waals surface area contributed by atoms with E-state index in [0.717, 1.165) is 25.5 Å². The van der Waals surface area contributed by atoms with Crippen molar-refractivity contribution in [2.45, 2.75) is 32.2 Å². The van der Waals surface area contributed by atoms with Gasteiger partial charge in [-0.25, -0.2) is 9.97 Å². The number of hydrogen-bond donors (Lipinski definition) is 1. The van der Waals surface area contributed by atoms with Crippen LogP contribution in [0.25, 0.3) is 0 Å². The van der Waals surface area contributed by atoms with Crippen molar-refractivity contribution in [2.75, 3.05) is 31.1 Å². The molecule has 0 spiro atoms. The maximum absolute atomic E-state index is 12.4. The topological polar surface area (TPSA) is 75.4 Å². The number of carbonyl (C=O) groups excluding carboxylic acids is 1. The summed E-state index contributed by atoms with van der Waals surface area (Å²) >= 11 is 0. The molecule has 1 unspecified atom stereocenters. The molecule has 2 heterocycles. The molecule has 0 saturated carbocycles. The van der Waals surface area contributed by atoms with Gasteiger partial charge in [-0.3, -0.25) is 4.79 Å². The van der Waals surface area contributed by atoms with Crippen molar-refractivity contribution in [2.24, 2.45) is 5.73 Å². The normalized spacial score (nSPS) is 17.9. The Morgan fingerprint density at radius 1 is 1.29 bits per heavy atom. The molecule has 6 nitrogen and oxygen atoms in total. The molecule has 2 N–H and O–H groups in total. The zero-order chi connectivity index (χ0) is 14.6. The molecule has 1 aromatic heterocycles. The summed E-state index contributed by atoms with van der Waals surface area (Å²) in [6.07, 6.45) is 5.10. The van der Waals surface area contributed by atoms with E-state index in [9.17, 15) is 4.79 Å². The summed E-state index contributed by atoms with van der Waals surface area (Å²) in [6, 6.07) is 1.80. The Hall–Kier alpha value is -1.40. The molecule has 0 aromatic carbocycles. The van der Waals surface area contributed by atoms with Crippen LogP contribution in [0.2, 0.25) is 0 Å². The number of amides is 1. The first-order chi connectivity index (χ1) is 9.54. The monoisotopic (exact) mass is 313 g/mol. The minimum Gasteiger partial charge on any atom is -0.338 e. The predicted octanol–water partition coefficient (Wildman–Crippen LogP) is 1.06. The second-order valence-electron chi connectivity index (χ2n) is 5.50. The standard InChI is InChI=1S/C14H23N5O.ClH/c1-3-5-14(2,15)12(20)18-8-10-19(11-9-18)13-16-6-4-7-17-13;/h4,6-7H,3,5,8-11,15H2,1-2H3;1H. The van der Waals surface area contributed by atoms with Crippen LogP contribution >= 0.6 is 12.4 Å². The SMILES string of the molecule is CCCC(C)(N)C(=O)N1CCN(c2ncccn2)CC1.Cl. The van der Waals surface area contributed by atoms with Gasteiger partial charge in [-0.2, -0.15) is 0 Å². The van der Waals surface area contributed by atoms with Crippen LogP contribution in [0.5, 0.6) is 0 Å². The van der Waals surface area contributed by atoms with Crippen molar-refractivity contribution >= 4 is 24.3 Å². The number of anilines is 1. The van der Waals surface area contributed by atoms with Crippen LogP contribution in [0.1, 0.15) is 26.7 Å². The van der Waals surface area contributed by atoms with Crippen LogP contribution < -0.4 is 10.6 Å². The zero-order valence-corrected chi connectivity index (χ0v) is 13.5. The third-order valence-corrected chi connectivity index (χ3v) is 3.66. The largest absolute Gasteiger partial charge is 0.338 e. The van der Waals surface area contributed by atoms with Gasteiger partial charge in [-0.05, 0) is 19.4 Å². The maximum Gasteiger partial charge on any atom is 0.242 e. The molecule has 0 bridgehead atoms. The fourth-order valence-corrected chi connectivity index (χ4v) is 2.55. The average molecular weight is 314 g/mol. The van der Waals surface area contributed by atoms with Crippen LogP contribution in [-0.2, 0) is 4.79 Å². The third-order valence-electron chi connectivity index (χ3n) is 3.66. The molecule has 2 rings (SSSR count). The molecule has 1 aliphatic rings. The Bertz CT molecular complexity index is 446. The van der Waals surface area contributed by atoms with E-state index in [1.54, 1.807) is 18.5 Å². The third kappa shape index (κ3) is 4.28. The lowest BCUT2D eigenvalue weighted by Gasteiger charge is -2.38. The lowest BCUT2D eigenvalue weighted by atomic mass is 9.95. The number of rotatable bonds is 4. The lowest BCUT2D eigenvalue weighted by Crippen LogP contribution is -2.58. The fourth-order valence-electron chi connectivity index (χ4n) is 2.55. The van der Waals surface area contributed by atoms with Gasteiger partial charge < -0.3 is 15.5 Å². The quantitative estimate of drug-likeness (QED) is 0.899. The van der Waals surface area contributed by atoms with Crippen molar-refractivity contribution < 1.29 is 4.79 Å². The predicted molar refractivity (Wildman–Crippen MR) is 85.6 cm³/mol. The second kappa shape index (κ2) is 7.56. The van der Waals surface area contributed by atoms with Gasteiger partial charge >= 0.3 is 0 Å². The van der Waals surface area contributed by atoms with E-state index >= 15 is 0 Å². The highest BCUT2D eigenvalue weighted by Crippen LogP contribution is 2.16. The van der Waals surface area contributed by atoms with Gasteiger partial charge in [-0.15, -0.1) is 12.4 Å². The molecule has 118 valence electrons. The van der Waals surface area contributed by atoms with Gasteiger partial charge in [0.05, 0.1) is 5.54 Å². The number of hydrogen-bond acceptors (Lipinski definition) is 5. The van der Waals surface area contributed by atoms with Crippen molar-refractivity contribution in [1.29, 1.82) is 0 Å². The molecule has 1 aliphatic heterocycles. The van der Waals surface area contributed by atoms with Crippen molar-refractivity contribution in [1.82, 2.24) is 14.9 Å². The van der Waals surface area contributed by atoms with E-state index in [2.05, 4.69) is 14.9 Å². The van der Waals surface area contributed by atoms with Crippen molar-refractivity contribution in [3.8, 4) is 0 Å². The Kier molecular flexibility index (Phi) is 6.36. The fraction of sp³-hybridized carbons (Fsp3) is 0.643. The Morgan fingerprint density at radius 3 is 2.38 bits per heavy atom. The summed E-state index contributed by atoms with van der Waals surface area (Å²) in [7, 11) is 0. The molecule has 1 saturated heterocycles. The van der Waals surface area contributed by atoms with Gasteiger partial charge in [0.1, 0.15) is 0 Å². The molecule has 0 aliphatic carbocycles. The first-order valence-electron chi connectivity index (χ1n) is 7.15. The number of nitrogens with zero attached hydrogens (tertiary/aromatic N) is 4. The minimum absolute atomic E-state index is 0. The average Bonchev–Trinajstić information content (AvgIpc) is 2.47. The highest BCUT2D eigenvalue weighted by Gasteiger charge is 2.33. The molecular weight excluding hydrogens is 290 g/mol. The van der Waals surface area contributed by atoms with E-state index < -0.39 is 5.54 Å². The highest BCUT2D eigenvalue weighted by molar-refractivity contribution is 5.86. The number of carbonyl (C=O) groups is 1. The zero-order valence-electron chi connectivity index (χ0n) is 12.7. The van der Waals surface area contributed by atoms with E-state index in [-0.39, 0.29) is 18.3 Å². The Morgan fingerprint density at radius 2 is 1.86 bits per heavy atom. The van der Waals surface area contributed by atoms with Crippen LogP contribution in [0.15, 0.2) is 18.5 Å². The van der Waals surface area contributed by atoms with Gasteiger partial charge in [-0.1, -0.05) is 13.3 Å². The van der Waals surface area contributed by atoms with Gasteiger partial charge in [0.15, 0.2) is 0 Å². The minimum atomic E-state index is -0.750. The first kappa shape index (κ1) is 17.7. The maximum atomic E-state index is 12.4. The molecular formula is C14H24ClN5O. The lowest BCUT2D eigenvalue weighted by molar-refractivity contribution is -0.137. The van der Waals surface area contributed by atoms with Gasteiger partial charge in [0.25, 0.3) is 0 Å². The molecule has 1 atom stereocenters. The molecule has 1 fully saturated rings. The summed E-state index contributed by atoms with van der Waals surface area (Å²) in [4.78, 5) is 24.8. The molecule has 1 aromatic rings. The second-order valence-corrected chi connectivity index (χ2v) is 5.50. The summed E-state index contributed by atoms with van der Waals surface area (Å²) in [6.45, 7) is 6.71. The highest BCUT2D eigenvalue weighted by atomic mass is 35.5. The summed E-state index contributed by atoms with van der Waals surface area (Å²) in [5.74, 6) is 0.775. The summed E-state index contributed by atoms with van der Waals surface area (Å²) in [5.41, 5.74) is 5.37. The van der Waals surface area contributed by atoms with Gasteiger partial charge in [0, 0.05) is 38.6 Å². The summed E-state index contributed by atoms with van der Waals surface area (Å²) in [5, 5.41) is 0. The smallest absolute Gasteiger partial charge is 0.242 e. The Labute approximate surface area is 132 Å². The van der Waals surface area contributed by atoms with Crippen molar-refractivity contribution in [3.63, 3.8) is 0 Å². The van der Waals surface area contributed by atoms with E-state index in [1.807, 2.05) is 18.7 Å². The number of nitrogens with two attached hydrogens (primary N) is 1. The molecule has 1 amide bonds. The number of halogens is 1. The van der Waals surface area contributed by atoms with Crippen LogP contribution in [-0.4, -0.2) is 52.5 Å².